The van der Waals surface area contributed by atoms with Crippen LogP contribution >= 0.6 is 11.8 Å². The van der Waals surface area contributed by atoms with Crippen molar-refractivity contribution in [2.75, 3.05) is 37.0 Å². The van der Waals surface area contributed by atoms with Crippen molar-refractivity contribution in [3.05, 3.63) is 29.8 Å². The number of rotatable bonds is 5. The van der Waals surface area contributed by atoms with Gasteiger partial charge >= 0.3 is 5.97 Å². The Kier molecular flexibility index (Phi) is 6.06. The first-order chi connectivity index (χ1) is 12.8. The Bertz CT molecular complexity index is 794. The Morgan fingerprint density at radius 1 is 1.26 bits per heavy atom. The molecular formula is C19H26N4O3S. The molecule has 0 bridgehead atoms. The zero-order chi connectivity index (χ0) is 19.4. The van der Waals surface area contributed by atoms with E-state index in [0.29, 0.717) is 18.4 Å². The van der Waals surface area contributed by atoms with Gasteiger partial charge in [-0.15, -0.1) is 10.2 Å². The Morgan fingerprint density at radius 2 is 2.00 bits per heavy atom. The number of esters is 1. The fraction of sp³-hybridized carbons (Fsp3) is 0.526. The predicted octanol–water partition coefficient (Wildman–Crippen LogP) is 2.85. The number of carbonyl (C=O) groups is 1. The molecule has 3 rings (SSSR count). The number of aryl methyl sites for hydroxylation is 1. The van der Waals surface area contributed by atoms with Gasteiger partial charge in [-0.05, 0) is 45.4 Å². The van der Waals surface area contributed by atoms with E-state index in [4.69, 9.17) is 9.47 Å². The van der Waals surface area contributed by atoms with Gasteiger partial charge in [-0.2, -0.15) is 0 Å². The van der Waals surface area contributed by atoms with E-state index in [9.17, 15) is 4.79 Å². The molecule has 1 saturated heterocycles. The first kappa shape index (κ1) is 19.7. The van der Waals surface area contributed by atoms with Crippen LogP contribution in [0.15, 0.2) is 29.4 Å². The van der Waals surface area contributed by atoms with Gasteiger partial charge in [0.2, 0.25) is 5.95 Å². The lowest BCUT2D eigenvalue weighted by Crippen LogP contribution is -2.37. The maximum absolute atomic E-state index is 12.1. The van der Waals surface area contributed by atoms with Crippen molar-refractivity contribution < 1.29 is 14.3 Å². The number of anilines is 1. The molecule has 0 N–H and O–H groups in total. The van der Waals surface area contributed by atoms with Gasteiger partial charge in [0.15, 0.2) is 5.16 Å². The molecule has 8 heteroatoms. The van der Waals surface area contributed by atoms with Crippen LogP contribution < -0.4 is 4.90 Å². The zero-order valence-electron chi connectivity index (χ0n) is 16.3. The van der Waals surface area contributed by atoms with Crippen molar-refractivity contribution in [3.8, 4) is 5.69 Å². The molecule has 7 nitrogen and oxygen atoms in total. The Hall–Kier alpha value is -2.06. The minimum Gasteiger partial charge on any atom is -0.459 e. The van der Waals surface area contributed by atoms with E-state index in [-0.39, 0.29) is 11.7 Å². The van der Waals surface area contributed by atoms with Crippen molar-refractivity contribution in [3.63, 3.8) is 0 Å². The van der Waals surface area contributed by atoms with E-state index in [2.05, 4.69) is 34.2 Å². The maximum Gasteiger partial charge on any atom is 0.316 e. The summed E-state index contributed by atoms with van der Waals surface area (Å²) in [6, 6.07) is 8.18. The van der Waals surface area contributed by atoms with E-state index in [1.807, 2.05) is 37.5 Å². The minimum absolute atomic E-state index is 0.185. The summed E-state index contributed by atoms with van der Waals surface area (Å²) in [4.78, 5) is 14.3. The number of hydrogen-bond donors (Lipinski definition) is 0. The number of carbonyl (C=O) groups excluding carboxylic acids is 1. The summed E-state index contributed by atoms with van der Waals surface area (Å²) in [5, 5.41) is 9.43. The summed E-state index contributed by atoms with van der Waals surface area (Å²) in [5.74, 6) is 0.694. The molecule has 1 aromatic carbocycles. The Labute approximate surface area is 164 Å². The topological polar surface area (TPSA) is 69.5 Å². The average molecular weight is 391 g/mol. The SMILES string of the molecule is Cc1cccc(-n2c(SCC(=O)OC(C)(C)C)nnc2N2CCOCC2)c1. The molecule has 2 aromatic rings. The highest BCUT2D eigenvalue weighted by Gasteiger charge is 2.23. The third kappa shape index (κ3) is 5.23. The number of nitrogens with zero attached hydrogens (tertiary/aromatic N) is 4. The van der Waals surface area contributed by atoms with Gasteiger partial charge in [0.1, 0.15) is 5.60 Å². The first-order valence-electron chi connectivity index (χ1n) is 9.03. The van der Waals surface area contributed by atoms with Crippen LogP contribution in [0.25, 0.3) is 5.69 Å². The van der Waals surface area contributed by atoms with Crippen molar-refractivity contribution in [1.29, 1.82) is 0 Å². The third-order valence-electron chi connectivity index (χ3n) is 3.91. The summed E-state index contributed by atoms with van der Waals surface area (Å²) >= 11 is 1.34. The van der Waals surface area contributed by atoms with Crippen LogP contribution in [0.4, 0.5) is 5.95 Å². The van der Waals surface area contributed by atoms with Gasteiger partial charge < -0.3 is 14.4 Å². The van der Waals surface area contributed by atoms with Crippen LogP contribution in [-0.2, 0) is 14.3 Å². The molecule has 1 aliphatic rings. The maximum atomic E-state index is 12.1. The monoisotopic (exact) mass is 390 g/mol. The van der Waals surface area contributed by atoms with Gasteiger partial charge in [0, 0.05) is 13.1 Å². The van der Waals surface area contributed by atoms with Gasteiger partial charge in [0.05, 0.1) is 24.7 Å². The number of thioether (sulfide) groups is 1. The molecule has 2 heterocycles. The van der Waals surface area contributed by atoms with Crippen LogP contribution in [0.5, 0.6) is 0 Å². The van der Waals surface area contributed by atoms with Crippen LogP contribution in [0, 0.1) is 6.92 Å². The fourth-order valence-electron chi connectivity index (χ4n) is 2.81. The van der Waals surface area contributed by atoms with E-state index in [1.165, 1.54) is 11.8 Å². The summed E-state index contributed by atoms with van der Waals surface area (Å²) in [6.45, 7) is 10.5. The fourth-order valence-corrected chi connectivity index (χ4v) is 3.53. The van der Waals surface area contributed by atoms with Gasteiger partial charge in [-0.1, -0.05) is 23.9 Å². The highest BCUT2D eigenvalue weighted by atomic mass is 32.2. The molecule has 0 spiro atoms. The number of morpholine rings is 1. The number of hydrogen-bond acceptors (Lipinski definition) is 7. The zero-order valence-corrected chi connectivity index (χ0v) is 17.1. The second kappa shape index (κ2) is 8.31. The molecule has 1 aromatic heterocycles. The van der Waals surface area contributed by atoms with Crippen molar-refractivity contribution in [2.45, 2.75) is 38.5 Å². The van der Waals surface area contributed by atoms with E-state index in [0.717, 1.165) is 30.3 Å². The van der Waals surface area contributed by atoms with Crippen LogP contribution in [0.2, 0.25) is 0 Å². The smallest absolute Gasteiger partial charge is 0.316 e. The normalized spacial score (nSPS) is 15.0. The second-order valence-electron chi connectivity index (χ2n) is 7.43. The summed E-state index contributed by atoms with van der Waals surface area (Å²) in [5.41, 5.74) is 1.63. The van der Waals surface area contributed by atoms with Crippen molar-refractivity contribution in [2.24, 2.45) is 0 Å². The molecule has 0 amide bonds. The predicted molar refractivity (Wildman–Crippen MR) is 106 cm³/mol. The lowest BCUT2D eigenvalue weighted by molar-refractivity contribution is -0.151. The molecule has 27 heavy (non-hydrogen) atoms. The first-order valence-corrected chi connectivity index (χ1v) is 10.0. The number of benzene rings is 1. The molecular weight excluding hydrogens is 364 g/mol. The molecule has 146 valence electrons. The van der Waals surface area contributed by atoms with Crippen LogP contribution in [0.1, 0.15) is 26.3 Å². The van der Waals surface area contributed by atoms with Gasteiger partial charge in [0.25, 0.3) is 0 Å². The summed E-state index contributed by atoms with van der Waals surface area (Å²) < 4.78 is 12.9. The minimum atomic E-state index is -0.499. The molecule has 0 unspecified atom stereocenters. The molecule has 0 saturated carbocycles. The summed E-state index contributed by atoms with van der Waals surface area (Å²) in [6.07, 6.45) is 0. The molecule has 0 radical (unpaired) electrons. The highest BCUT2D eigenvalue weighted by Crippen LogP contribution is 2.28. The van der Waals surface area contributed by atoms with Gasteiger partial charge in [-0.25, -0.2) is 0 Å². The van der Waals surface area contributed by atoms with E-state index in [1.54, 1.807) is 0 Å². The quantitative estimate of drug-likeness (QED) is 0.574. The average Bonchev–Trinajstić information content (AvgIpc) is 3.03. The largest absolute Gasteiger partial charge is 0.459 e. The van der Waals surface area contributed by atoms with E-state index >= 15 is 0 Å². The van der Waals surface area contributed by atoms with Crippen LogP contribution in [-0.4, -0.2) is 58.4 Å². The van der Waals surface area contributed by atoms with Crippen LogP contribution in [0.3, 0.4) is 0 Å². The Morgan fingerprint density at radius 3 is 2.67 bits per heavy atom. The second-order valence-corrected chi connectivity index (χ2v) is 8.37. The van der Waals surface area contributed by atoms with Crippen molar-refractivity contribution in [1.82, 2.24) is 14.8 Å². The van der Waals surface area contributed by atoms with E-state index < -0.39 is 5.60 Å². The molecule has 0 atom stereocenters. The third-order valence-corrected chi connectivity index (χ3v) is 4.81. The number of aromatic nitrogens is 3. The molecule has 1 aliphatic heterocycles. The standard InChI is InChI=1S/C19H26N4O3S/c1-14-6-5-7-15(12-14)23-17(22-8-10-25-11-9-22)20-21-18(23)27-13-16(24)26-19(2,3)4/h5-7,12H,8-11,13H2,1-4H3. The summed E-state index contributed by atoms with van der Waals surface area (Å²) in [7, 11) is 0. The highest BCUT2D eigenvalue weighted by molar-refractivity contribution is 7.99. The molecule has 1 fully saturated rings. The number of ether oxygens (including phenoxy) is 2. The van der Waals surface area contributed by atoms with Gasteiger partial charge in [-0.3, -0.25) is 9.36 Å². The van der Waals surface area contributed by atoms with Crippen molar-refractivity contribution >= 4 is 23.7 Å². The Balaban J connectivity index is 1.87. The lowest BCUT2D eigenvalue weighted by Gasteiger charge is -2.28. The molecule has 0 aliphatic carbocycles. The lowest BCUT2D eigenvalue weighted by atomic mass is 10.2.